The van der Waals surface area contributed by atoms with Gasteiger partial charge in [0.15, 0.2) is 17.4 Å². The van der Waals surface area contributed by atoms with Crippen LogP contribution >= 0.6 is 11.6 Å². The van der Waals surface area contributed by atoms with Crippen molar-refractivity contribution in [3.8, 4) is 11.6 Å². The van der Waals surface area contributed by atoms with Gasteiger partial charge in [-0.05, 0) is 56.2 Å². The van der Waals surface area contributed by atoms with E-state index in [9.17, 15) is 18.7 Å². The highest BCUT2D eigenvalue weighted by molar-refractivity contribution is 6.30. The smallest absolute Gasteiger partial charge is 0.335 e. The third-order valence-corrected chi connectivity index (χ3v) is 8.17. The van der Waals surface area contributed by atoms with Gasteiger partial charge in [0.2, 0.25) is 5.88 Å². The van der Waals surface area contributed by atoms with Crippen LogP contribution in [-0.2, 0) is 26.2 Å². The molecule has 0 atom stereocenters. The molecule has 10 nitrogen and oxygen atoms in total. The Bertz CT molecular complexity index is 1890. The number of likely N-dealkylation sites (tertiary alicyclic amines) is 1. The van der Waals surface area contributed by atoms with Gasteiger partial charge in [0.1, 0.15) is 35.6 Å². The maximum atomic E-state index is 15.0. The van der Waals surface area contributed by atoms with Crippen molar-refractivity contribution in [3.63, 3.8) is 0 Å². The van der Waals surface area contributed by atoms with E-state index in [0.717, 1.165) is 17.8 Å². The quantitative estimate of drug-likeness (QED) is 0.182. The number of rotatable bonds is 11. The van der Waals surface area contributed by atoms with Gasteiger partial charge in [-0.2, -0.15) is 0 Å². The molecule has 0 saturated carbocycles. The highest BCUT2D eigenvalue weighted by Crippen LogP contribution is 2.27. The molecule has 1 aliphatic rings. The molecule has 4 heterocycles. The van der Waals surface area contributed by atoms with Crippen molar-refractivity contribution >= 4 is 28.6 Å². The Labute approximate surface area is 267 Å². The van der Waals surface area contributed by atoms with Gasteiger partial charge >= 0.3 is 5.97 Å². The number of fused-ring (bicyclic) bond motifs is 1. The van der Waals surface area contributed by atoms with Crippen molar-refractivity contribution in [3.05, 3.63) is 100 Å². The van der Waals surface area contributed by atoms with Crippen molar-refractivity contribution < 1.29 is 32.5 Å². The standard InChI is InChI=1S/C32H30ClF3N6O4/c1-2-41-18-37-14-21(41)15-42-27-12-19(32(43)44)11-25(36)31(27)39-29(42)16-40-9-7-22(8-10-40)46-30-6-4-23(34)26(38-30)17-45-28-5-3-20(33)13-24(28)35/h3-6,11-14,18,22H,2,7-10,15-17H2,1H3,(H,43,44). The number of carboxylic acids is 1. The summed E-state index contributed by atoms with van der Waals surface area (Å²) in [7, 11) is 0. The van der Waals surface area contributed by atoms with Gasteiger partial charge in [-0.25, -0.2) is 32.9 Å². The largest absolute Gasteiger partial charge is 0.484 e. The molecule has 2 aromatic carbocycles. The lowest BCUT2D eigenvalue weighted by atomic mass is 10.1. The van der Waals surface area contributed by atoms with Gasteiger partial charge in [-0.15, -0.1) is 0 Å². The number of benzene rings is 2. The second-order valence-electron chi connectivity index (χ2n) is 11.0. The summed E-state index contributed by atoms with van der Waals surface area (Å²) in [5.41, 5.74) is 1.22. The van der Waals surface area contributed by atoms with E-state index in [2.05, 4.69) is 19.9 Å². The fourth-order valence-electron chi connectivity index (χ4n) is 5.50. The number of aromatic nitrogens is 5. The third-order valence-electron chi connectivity index (χ3n) is 7.93. The number of halogens is 4. The van der Waals surface area contributed by atoms with Crippen LogP contribution in [0.25, 0.3) is 11.0 Å². The van der Waals surface area contributed by atoms with Gasteiger partial charge < -0.3 is 23.7 Å². The molecule has 0 amide bonds. The van der Waals surface area contributed by atoms with Crippen LogP contribution in [0.3, 0.4) is 0 Å². The average molecular weight is 655 g/mol. The van der Waals surface area contributed by atoms with E-state index >= 15 is 4.39 Å². The summed E-state index contributed by atoms with van der Waals surface area (Å²) in [4.78, 5) is 26.9. The molecule has 0 unspecified atom stereocenters. The number of carbonyl (C=O) groups is 1. The number of ether oxygens (including phenoxy) is 2. The zero-order chi connectivity index (χ0) is 32.4. The van der Waals surface area contributed by atoms with Crippen molar-refractivity contribution in [2.75, 3.05) is 13.1 Å². The van der Waals surface area contributed by atoms with E-state index < -0.39 is 23.4 Å². The van der Waals surface area contributed by atoms with Crippen molar-refractivity contribution in [2.24, 2.45) is 0 Å². The lowest BCUT2D eigenvalue weighted by molar-refractivity contribution is 0.0696. The van der Waals surface area contributed by atoms with Crippen LogP contribution in [0.2, 0.25) is 5.02 Å². The summed E-state index contributed by atoms with van der Waals surface area (Å²) in [6, 6.07) is 9.06. The van der Waals surface area contributed by atoms with Crippen LogP contribution in [0.1, 0.15) is 47.3 Å². The Morgan fingerprint density at radius 2 is 1.83 bits per heavy atom. The lowest BCUT2D eigenvalue weighted by Gasteiger charge is -2.31. The summed E-state index contributed by atoms with van der Waals surface area (Å²) in [5, 5.41) is 9.76. The molecule has 3 aromatic heterocycles. The molecule has 5 aromatic rings. The Morgan fingerprint density at radius 1 is 1.02 bits per heavy atom. The molecule has 0 aliphatic carbocycles. The maximum absolute atomic E-state index is 15.0. The average Bonchev–Trinajstić information content (AvgIpc) is 3.63. The highest BCUT2D eigenvalue weighted by atomic mass is 35.5. The molecular formula is C32H30ClF3N6O4. The first-order valence-corrected chi connectivity index (χ1v) is 15.1. The van der Waals surface area contributed by atoms with Crippen LogP contribution in [-0.4, -0.2) is 59.3 Å². The van der Waals surface area contributed by atoms with E-state index in [4.69, 9.17) is 21.1 Å². The number of imidazole rings is 2. The third kappa shape index (κ3) is 6.80. The Balaban J connectivity index is 1.13. The molecule has 240 valence electrons. The molecule has 0 radical (unpaired) electrons. The minimum atomic E-state index is -1.22. The van der Waals surface area contributed by atoms with Gasteiger partial charge in [0.05, 0.1) is 36.2 Å². The SMILES string of the molecule is CCn1cncc1Cn1c(CN2CCC(Oc3ccc(F)c(COc4ccc(Cl)cc4F)n3)CC2)nc2c(F)cc(C(=O)O)cc21. The summed E-state index contributed by atoms with van der Waals surface area (Å²) in [5.74, 6) is -2.42. The van der Waals surface area contributed by atoms with Gasteiger partial charge in [0.25, 0.3) is 0 Å². The molecule has 1 saturated heterocycles. The van der Waals surface area contributed by atoms with Crippen LogP contribution in [0.5, 0.6) is 11.6 Å². The van der Waals surface area contributed by atoms with Gasteiger partial charge in [-0.1, -0.05) is 11.6 Å². The van der Waals surface area contributed by atoms with Crippen LogP contribution in [0, 0.1) is 17.5 Å². The van der Waals surface area contributed by atoms with Crippen molar-refractivity contribution in [1.29, 1.82) is 0 Å². The number of aromatic carboxylic acids is 1. The first kappa shape index (κ1) is 31.4. The number of hydrogen-bond acceptors (Lipinski definition) is 7. The fourth-order valence-corrected chi connectivity index (χ4v) is 5.66. The minimum Gasteiger partial charge on any atom is -0.484 e. The molecule has 1 fully saturated rings. The summed E-state index contributed by atoms with van der Waals surface area (Å²) < 4.78 is 58.8. The van der Waals surface area contributed by atoms with Gasteiger partial charge in [-0.3, -0.25) is 4.90 Å². The normalized spacial score (nSPS) is 14.2. The van der Waals surface area contributed by atoms with E-state index in [0.29, 0.717) is 56.9 Å². The Kier molecular flexibility index (Phi) is 9.13. The molecule has 0 spiro atoms. The zero-order valence-corrected chi connectivity index (χ0v) is 25.6. The molecular weight excluding hydrogens is 625 g/mol. The number of carboxylic acid groups (broad SMARTS) is 1. The summed E-state index contributed by atoms with van der Waals surface area (Å²) in [6.07, 6.45) is 4.54. The Hall–Kier alpha value is -4.62. The number of piperidine rings is 1. The van der Waals surface area contributed by atoms with E-state index in [1.54, 1.807) is 12.5 Å². The molecule has 1 aliphatic heterocycles. The topological polar surface area (TPSA) is 108 Å². The molecule has 1 N–H and O–H groups in total. The number of hydrogen-bond donors (Lipinski definition) is 1. The monoisotopic (exact) mass is 654 g/mol. The Morgan fingerprint density at radius 3 is 2.57 bits per heavy atom. The number of pyridine rings is 1. The molecule has 6 rings (SSSR count). The van der Waals surface area contributed by atoms with Crippen molar-refractivity contribution in [1.82, 2.24) is 29.0 Å². The summed E-state index contributed by atoms with van der Waals surface area (Å²) in [6.45, 7) is 4.40. The predicted molar refractivity (Wildman–Crippen MR) is 163 cm³/mol. The van der Waals surface area contributed by atoms with Crippen LogP contribution < -0.4 is 9.47 Å². The first-order valence-electron chi connectivity index (χ1n) is 14.7. The molecule has 46 heavy (non-hydrogen) atoms. The summed E-state index contributed by atoms with van der Waals surface area (Å²) >= 11 is 5.78. The van der Waals surface area contributed by atoms with E-state index in [-0.39, 0.29) is 46.1 Å². The first-order chi connectivity index (χ1) is 22.2. The predicted octanol–water partition coefficient (Wildman–Crippen LogP) is 6.09. The van der Waals surface area contributed by atoms with E-state index in [1.807, 2.05) is 16.1 Å². The second-order valence-corrected chi connectivity index (χ2v) is 11.4. The van der Waals surface area contributed by atoms with Gasteiger partial charge in [0, 0.05) is 36.9 Å². The second kappa shape index (κ2) is 13.4. The van der Waals surface area contributed by atoms with Crippen LogP contribution in [0.4, 0.5) is 13.2 Å². The maximum Gasteiger partial charge on any atom is 0.335 e. The number of nitrogens with zero attached hydrogens (tertiary/aromatic N) is 6. The molecule has 0 bridgehead atoms. The van der Waals surface area contributed by atoms with Crippen molar-refractivity contribution in [2.45, 2.75) is 52.1 Å². The fraction of sp³-hybridized carbons (Fsp3) is 0.312. The van der Waals surface area contributed by atoms with E-state index in [1.165, 1.54) is 30.3 Å². The minimum absolute atomic E-state index is 0.0223. The number of aryl methyl sites for hydroxylation is 1. The highest BCUT2D eigenvalue weighted by Gasteiger charge is 2.25. The van der Waals surface area contributed by atoms with Crippen LogP contribution in [0.15, 0.2) is 55.0 Å². The zero-order valence-electron chi connectivity index (χ0n) is 24.8. The molecule has 14 heteroatoms. The lowest BCUT2D eigenvalue weighted by Crippen LogP contribution is -2.38.